The third kappa shape index (κ3) is 14.9. The molecule has 3 aromatic rings. The van der Waals surface area contributed by atoms with Gasteiger partial charge in [-0.25, -0.2) is 0 Å². The van der Waals surface area contributed by atoms with Crippen molar-refractivity contribution in [2.45, 2.75) is 118 Å². The zero-order valence-electron chi connectivity index (χ0n) is 27.0. The van der Waals surface area contributed by atoms with Gasteiger partial charge in [-0.3, -0.25) is 9.98 Å². The van der Waals surface area contributed by atoms with E-state index in [0.29, 0.717) is 0 Å². The number of aryl methyl sites for hydroxylation is 3. The molecule has 0 amide bonds. The summed E-state index contributed by atoms with van der Waals surface area (Å²) in [5.74, 6) is 0. The van der Waals surface area contributed by atoms with Gasteiger partial charge in [0.1, 0.15) is 0 Å². The molecule has 43 heavy (non-hydrogen) atoms. The standard InChI is InChI=1S/C38H52N2.2BrH.Ni/c1-6-9-12-15-22-34-27-37(24-30(4)38(34)23-18-13-10-7-2)40-31(5)29-39-36-26-32(19-11-8-3)25-35(28-36)33-20-16-14-17-21-33;;;/h14,16-17,20-21,24-29H,6-13,15,18-19,22-23H2,1-5H3;2*1H;/q;;;+2/p-2. The Hall–Kier alpha value is -1.55. The van der Waals surface area contributed by atoms with Crippen molar-refractivity contribution in [2.24, 2.45) is 9.98 Å². The molecule has 0 aliphatic rings. The number of benzene rings is 3. The summed E-state index contributed by atoms with van der Waals surface area (Å²) >= 11 is 6.00. The van der Waals surface area contributed by atoms with Gasteiger partial charge in [-0.15, -0.1) is 0 Å². The van der Waals surface area contributed by atoms with Crippen molar-refractivity contribution in [2.75, 3.05) is 0 Å². The molecule has 0 N–H and O–H groups in total. The van der Waals surface area contributed by atoms with Gasteiger partial charge in [0.05, 0.1) is 17.1 Å². The van der Waals surface area contributed by atoms with Crippen LogP contribution in [0.25, 0.3) is 11.1 Å². The monoisotopic (exact) mass is 752 g/mol. The molecule has 0 heterocycles. The van der Waals surface area contributed by atoms with Crippen LogP contribution >= 0.6 is 28.5 Å². The molecule has 0 unspecified atom stereocenters. The normalized spacial score (nSPS) is 11.7. The van der Waals surface area contributed by atoms with Gasteiger partial charge < -0.3 is 0 Å². The van der Waals surface area contributed by atoms with E-state index in [1.807, 2.05) is 6.21 Å². The van der Waals surface area contributed by atoms with Crippen molar-refractivity contribution >= 4 is 51.8 Å². The predicted molar refractivity (Wildman–Crippen MR) is 196 cm³/mol. The molecule has 0 fully saturated rings. The summed E-state index contributed by atoms with van der Waals surface area (Å²) in [6.45, 7) is 11.2. The van der Waals surface area contributed by atoms with Crippen LogP contribution in [-0.2, 0) is 30.2 Å². The van der Waals surface area contributed by atoms with Gasteiger partial charge in [0, 0.05) is 6.21 Å². The molecule has 0 aliphatic heterocycles. The van der Waals surface area contributed by atoms with Gasteiger partial charge in [0.25, 0.3) is 0 Å². The third-order valence-electron chi connectivity index (χ3n) is 7.74. The van der Waals surface area contributed by atoms with Gasteiger partial charge in [-0.1, -0.05) is 102 Å². The van der Waals surface area contributed by atoms with Crippen LogP contribution in [0.15, 0.2) is 70.6 Å². The molecule has 2 nitrogen and oxygen atoms in total. The number of halogens is 2. The first-order valence-corrected chi connectivity index (χ1v) is 21.1. The number of nitrogens with zero attached hydrogens (tertiary/aromatic N) is 2. The second kappa shape index (κ2) is 22.9. The summed E-state index contributed by atoms with van der Waals surface area (Å²) in [4.78, 5) is 9.90. The Balaban J connectivity index is 0.00000206. The van der Waals surface area contributed by atoms with Gasteiger partial charge in [0.2, 0.25) is 0 Å². The van der Waals surface area contributed by atoms with Crippen LogP contribution in [0.4, 0.5) is 11.4 Å². The van der Waals surface area contributed by atoms with Crippen LogP contribution < -0.4 is 0 Å². The molecule has 0 aliphatic carbocycles. The molecule has 238 valence electrons. The second-order valence-electron chi connectivity index (χ2n) is 11.4. The van der Waals surface area contributed by atoms with E-state index in [9.17, 15) is 0 Å². The quantitative estimate of drug-likeness (QED) is 0.0745. The van der Waals surface area contributed by atoms with Gasteiger partial charge >= 0.3 is 39.3 Å². The van der Waals surface area contributed by atoms with Crippen molar-refractivity contribution in [3.05, 3.63) is 82.9 Å². The molecule has 0 atom stereocenters. The number of hydrogen-bond acceptors (Lipinski definition) is 2. The number of unbranched alkanes of at least 4 members (excludes halogenated alkanes) is 7. The van der Waals surface area contributed by atoms with E-state index in [0.717, 1.165) is 29.9 Å². The molecule has 0 bridgehead atoms. The van der Waals surface area contributed by atoms with E-state index in [1.165, 1.54) is 109 Å². The van der Waals surface area contributed by atoms with E-state index in [2.05, 4.69) is 124 Å². The van der Waals surface area contributed by atoms with Crippen LogP contribution in [0.3, 0.4) is 0 Å². The van der Waals surface area contributed by atoms with Gasteiger partial charge in [-0.2, -0.15) is 0 Å². The summed E-state index contributed by atoms with van der Waals surface area (Å²) in [6, 6.07) is 22.0. The van der Waals surface area contributed by atoms with Crippen molar-refractivity contribution in [3.8, 4) is 11.1 Å². The fourth-order valence-corrected chi connectivity index (χ4v) is 5.46. The minimum absolute atomic E-state index is 0.937. The first kappa shape index (κ1) is 37.6. The molecule has 5 heteroatoms. The summed E-state index contributed by atoms with van der Waals surface area (Å²) in [5, 5.41) is 0. The number of rotatable bonds is 17. The molecular weight excluding hydrogens is 703 g/mol. The fourth-order valence-electron chi connectivity index (χ4n) is 5.46. The van der Waals surface area contributed by atoms with Crippen molar-refractivity contribution < 1.29 is 10.9 Å². The van der Waals surface area contributed by atoms with Crippen LogP contribution in [-0.4, -0.2) is 11.9 Å². The topological polar surface area (TPSA) is 24.7 Å². The average molecular weight is 755 g/mol. The fraction of sp³-hybridized carbons (Fsp3) is 0.474. The third-order valence-corrected chi connectivity index (χ3v) is 7.74. The average Bonchev–Trinajstić information content (AvgIpc) is 3.01. The Labute approximate surface area is 283 Å². The Kier molecular flexibility index (Phi) is 20.0. The molecule has 0 aromatic heterocycles. The molecule has 0 saturated carbocycles. The zero-order chi connectivity index (χ0) is 31.3. The van der Waals surface area contributed by atoms with Crippen LogP contribution in [0.1, 0.15) is 114 Å². The van der Waals surface area contributed by atoms with Gasteiger partial charge in [-0.05, 0) is 110 Å². The predicted octanol–water partition coefficient (Wildman–Crippen LogP) is 13.4. The SMILES string of the molecule is CCCCCCc1cc(N=C(C)C=Nc2cc(CCCC)cc(-c3ccccc3)c2)cc(C)c1CCCCCC.[Br][Ni][Br]. The first-order chi connectivity index (χ1) is 20.9. The molecule has 3 aromatic carbocycles. The summed E-state index contributed by atoms with van der Waals surface area (Å²) in [6.07, 6.45) is 18.2. The van der Waals surface area contributed by atoms with E-state index in [4.69, 9.17) is 9.98 Å². The van der Waals surface area contributed by atoms with Gasteiger partial charge in [0.15, 0.2) is 0 Å². The van der Waals surface area contributed by atoms with E-state index >= 15 is 0 Å². The molecule has 0 spiro atoms. The maximum atomic E-state index is 5.01. The number of hydrogen-bond donors (Lipinski definition) is 0. The minimum atomic E-state index is 0.937. The van der Waals surface area contributed by atoms with Crippen molar-refractivity contribution in [1.82, 2.24) is 0 Å². The summed E-state index contributed by atoms with van der Waals surface area (Å²) < 4.78 is 0. The van der Waals surface area contributed by atoms with E-state index in [-0.39, 0.29) is 0 Å². The van der Waals surface area contributed by atoms with Crippen LogP contribution in [0.2, 0.25) is 0 Å². The zero-order valence-corrected chi connectivity index (χ0v) is 31.2. The Bertz CT molecular complexity index is 1250. The Morgan fingerprint density at radius 3 is 2.00 bits per heavy atom. The van der Waals surface area contributed by atoms with E-state index < -0.39 is 0 Å². The Morgan fingerprint density at radius 1 is 0.698 bits per heavy atom. The maximum absolute atomic E-state index is 5.01. The molecular formula is C38H52Br2N2Ni. The van der Waals surface area contributed by atoms with Crippen LogP contribution in [0.5, 0.6) is 0 Å². The van der Waals surface area contributed by atoms with Crippen molar-refractivity contribution in [3.63, 3.8) is 0 Å². The van der Waals surface area contributed by atoms with Crippen molar-refractivity contribution in [1.29, 1.82) is 0 Å². The Morgan fingerprint density at radius 2 is 1.35 bits per heavy atom. The first-order valence-electron chi connectivity index (χ1n) is 16.2. The number of aliphatic imine (C=N–C) groups is 2. The molecule has 0 radical (unpaired) electrons. The summed E-state index contributed by atoms with van der Waals surface area (Å²) in [7, 11) is 1.25. The van der Waals surface area contributed by atoms with Crippen LogP contribution in [0, 0.1) is 6.92 Å². The summed E-state index contributed by atoms with van der Waals surface area (Å²) in [5.41, 5.74) is 11.3. The second-order valence-corrected chi connectivity index (χ2v) is 16.4. The molecule has 0 saturated heterocycles. The van der Waals surface area contributed by atoms with E-state index in [1.54, 1.807) is 5.56 Å². The molecule has 3 rings (SSSR count).